The highest BCUT2D eigenvalue weighted by molar-refractivity contribution is 7.18. The number of morpholine rings is 1. The van der Waals surface area contributed by atoms with E-state index in [-0.39, 0.29) is 12.7 Å². The molecule has 3 aliphatic rings. The van der Waals surface area contributed by atoms with Crippen LogP contribution in [0.1, 0.15) is 49.0 Å². The second kappa shape index (κ2) is 8.84. The van der Waals surface area contributed by atoms with Gasteiger partial charge < -0.3 is 14.6 Å². The maximum Gasteiger partial charge on any atom is 0.225 e. The van der Waals surface area contributed by atoms with E-state index >= 15 is 0 Å². The molecule has 1 N–H and O–H groups in total. The third kappa shape index (κ3) is 4.15. The first-order valence-corrected chi connectivity index (χ1v) is 12.0. The van der Waals surface area contributed by atoms with E-state index in [1.54, 1.807) is 17.7 Å². The minimum Gasteiger partial charge on any atom is -0.474 e. The Bertz CT molecular complexity index is 828. The molecule has 2 aromatic heterocycles. The Morgan fingerprint density at radius 1 is 1.14 bits per heavy atom. The number of aromatic nitrogens is 2. The van der Waals surface area contributed by atoms with Crippen LogP contribution in [0.25, 0.3) is 10.2 Å². The van der Waals surface area contributed by atoms with Crippen molar-refractivity contribution in [1.82, 2.24) is 14.9 Å². The van der Waals surface area contributed by atoms with Crippen molar-refractivity contribution in [2.45, 2.75) is 63.5 Å². The Balaban J connectivity index is 1.29. The normalized spacial score (nSPS) is 28.4. The molecule has 158 valence electrons. The van der Waals surface area contributed by atoms with Crippen LogP contribution in [-0.2, 0) is 17.6 Å². The lowest BCUT2D eigenvalue weighted by molar-refractivity contribution is -0.00126. The number of thiophene rings is 1. The number of nitrogens with zero attached hydrogens (tertiary/aromatic N) is 3. The number of aryl methyl sites for hydroxylation is 1. The summed E-state index contributed by atoms with van der Waals surface area (Å²) >= 11 is 1.80. The molecule has 6 nitrogen and oxygen atoms in total. The number of aliphatic hydroxyl groups excluding tert-OH is 1. The van der Waals surface area contributed by atoms with E-state index in [1.165, 1.54) is 23.3 Å². The second-order valence-corrected chi connectivity index (χ2v) is 9.76. The molecule has 1 saturated carbocycles. The topological polar surface area (TPSA) is 67.7 Å². The molecule has 3 heterocycles. The number of hydrogen-bond acceptors (Lipinski definition) is 7. The average Bonchev–Trinajstić information content (AvgIpc) is 3.14. The summed E-state index contributed by atoms with van der Waals surface area (Å²) in [5.41, 5.74) is 1.38. The van der Waals surface area contributed by atoms with Gasteiger partial charge in [0.05, 0.1) is 18.6 Å². The SMILES string of the molecule is OCC[C@@H]1CCc2sc3ncnc(O[C@H]4CC[C@H](N5CCOCC5)CC4)c3c2C1. The van der Waals surface area contributed by atoms with Gasteiger partial charge >= 0.3 is 0 Å². The van der Waals surface area contributed by atoms with Crippen LogP contribution in [0.2, 0.25) is 0 Å². The molecule has 1 atom stereocenters. The molecule has 0 spiro atoms. The quantitative estimate of drug-likeness (QED) is 0.806. The molecule has 1 aliphatic heterocycles. The lowest BCUT2D eigenvalue weighted by atomic mass is 9.85. The molecule has 0 unspecified atom stereocenters. The Morgan fingerprint density at radius 3 is 2.76 bits per heavy atom. The number of ether oxygens (including phenoxy) is 2. The summed E-state index contributed by atoms with van der Waals surface area (Å²) in [5, 5.41) is 10.5. The Hall–Kier alpha value is -1.28. The highest BCUT2D eigenvalue weighted by Crippen LogP contribution is 2.41. The Morgan fingerprint density at radius 2 is 1.97 bits per heavy atom. The van der Waals surface area contributed by atoms with Crippen molar-refractivity contribution in [1.29, 1.82) is 0 Å². The van der Waals surface area contributed by atoms with Gasteiger partial charge in [-0.3, -0.25) is 4.90 Å². The summed E-state index contributed by atoms with van der Waals surface area (Å²) in [5.74, 6) is 1.34. The standard InChI is InChI=1S/C22H31N3O3S/c26-10-7-15-1-6-19-18(13-15)20-21(23-14-24-22(20)29-19)28-17-4-2-16(3-5-17)25-8-11-27-12-9-25/h14-17,26H,1-13H2/t15-,16-,17-/m0/s1. The molecule has 0 radical (unpaired) electrons. The van der Waals surface area contributed by atoms with Crippen LogP contribution in [-0.4, -0.2) is 65.0 Å². The summed E-state index contributed by atoms with van der Waals surface area (Å²) in [6, 6.07) is 0.678. The van der Waals surface area contributed by atoms with Crippen molar-refractivity contribution < 1.29 is 14.6 Å². The molecule has 0 aromatic carbocycles. The first-order valence-electron chi connectivity index (χ1n) is 11.2. The van der Waals surface area contributed by atoms with E-state index in [4.69, 9.17) is 9.47 Å². The van der Waals surface area contributed by atoms with Gasteiger partial charge in [-0.2, -0.15) is 0 Å². The summed E-state index contributed by atoms with van der Waals surface area (Å²) in [6.07, 6.45) is 10.6. The lowest BCUT2D eigenvalue weighted by Gasteiger charge is -2.38. The van der Waals surface area contributed by atoms with Crippen molar-refractivity contribution in [2.75, 3.05) is 32.9 Å². The van der Waals surface area contributed by atoms with Gasteiger partial charge in [-0.1, -0.05) is 0 Å². The first kappa shape index (κ1) is 19.7. The van der Waals surface area contributed by atoms with Crippen molar-refractivity contribution in [3.8, 4) is 5.88 Å². The average molecular weight is 418 g/mol. The third-order valence-electron chi connectivity index (χ3n) is 6.93. The van der Waals surface area contributed by atoms with Crippen LogP contribution in [0.5, 0.6) is 5.88 Å². The van der Waals surface area contributed by atoms with Gasteiger partial charge in [0.1, 0.15) is 17.3 Å². The molecular weight excluding hydrogens is 386 g/mol. The van der Waals surface area contributed by atoms with Crippen LogP contribution < -0.4 is 4.74 Å². The highest BCUT2D eigenvalue weighted by Gasteiger charge is 2.30. The van der Waals surface area contributed by atoms with Crippen LogP contribution in [0, 0.1) is 5.92 Å². The van der Waals surface area contributed by atoms with Gasteiger partial charge in [0.15, 0.2) is 0 Å². The Labute approximate surface area is 176 Å². The van der Waals surface area contributed by atoms with Gasteiger partial charge in [-0.25, -0.2) is 9.97 Å². The molecule has 0 bridgehead atoms. The number of hydrogen-bond donors (Lipinski definition) is 1. The van der Waals surface area contributed by atoms with Gasteiger partial charge in [0.25, 0.3) is 0 Å². The van der Waals surface area contributed by atoms with E-state index in [0.29, 0.717) is 12.0 Å². The van der Waals surface area contributed by atoms with Crippen molar-refractivity contribution in [3.63, 3.8) is 0 Å². The molecule has 2 aromatic rings. The summed E-state index contributed by atoms with van der Waals surface area (Å²) in [6.45, 7) is 4.15. The van der Waals surface area contributed by atoms with E-state index in [9.17, 15) is 5.11 Å². The summed E-state index contributed by atoms with van der Waals surface area (Å²) in [7, 11) is 0. The van der Waals surface area contributed by atoms with Gasteiger partial charge in [0, 0.05) is 30.6 Å². The molecule has 29 heavy (non-hydrogen) atoms. The van der Waals surface area contributed by atoms with Gasteiger partial charge in [-0.15, -0.1) is 11.3 Å². The van der Waals surface area contributed by atoms with Crippen molar-refractivity contribution in [3.05, 3.63) is 16.8 Å². The van der Waals surface area contributed by atoms with Crippen LogP contribution in [0.3, 0.4) is 0 Å². The zero-order valence-electron chi connectivity index (χ0n) is 17.0. The molecule has 2 fully saturated rings. The first-order chi connectivity index (χ1) is 14.3. The predicted octanol–water partition coefficient (Wildman–Crippen LogP) is 3.20. The molecule has 0 amide bonds. The van der Waals surface area contributed by atoms with Crippen LogP contribution in [0.4, 0.5) is 0 Å². The molecule has 7 heteroatoms. The van der Waals surface area contributed by atoms with E-state index in [0.717, 1.165) is 80.9 Å². The fourth-order valence-electron chi connectivity index (χ4n) is 5.30. The molecule has 5 rings (SSSR count). The zero-order valence-corrected chi connectivity index (χ0v) is 17.8. The lowest BCUT2D eigenvalue weighted by Crippen LogP contribution is -2.46. The zero-order chi connectivity index (χ0) is 19.6. The van der Waals surface area contributed by atoms with Crippen molar-refractivity contribution >= 4 is 21.6 Å². The van der Waals surface area contributed by atoms with Gasteiger partial charge in [-0.05, 0) is 62.8 Å². The monoisotopic (exact) mass is 417 g/mol. The third-order valence-corrected chi connectivity index (χ3v) is 8.13. The maximum atomic E-state index is 9.36. The molecule has 1 saturated heterocycles. The number of aliphatic hydroxyl groups is 1. The molecular formula is C22H31N3O3S. The van der Waals surface area contributed by atoms with E-state index < -0.39 is 0 Å². The highest BCUT2D eigenvalue weighted by atomic mass is 32.1. The largest absolute Gasteiger partial charge is 0.474 e. The smallest absolute Gasteiger partial charge is 0.225 e. The fourth-order valence-corrected chi connectivity index (χ4v) is 6.47. The number of rotatable bonds is 5. The Kier molecular flexibility index (Phi) is 5.99. The van der Waals surface area contributed by atoms with E-state index in [1.807, 2.05) is 0 Å². The second-order valence-electron chi connectivity index (χ2n) is 8.68. The fraction of sp³-hybridized carbons (Fsp3) is 0.727. The maximum absolute atomic E-state index is 9.36. The summed E-state index contributed by atoms with van der Waals surface area (Å²) < 4.78 is 12.0. The van der Waals surface area contributed by atoms with E-state index in [2.05, 4.69) is 14.9 Å². The molecule has 2 aliphatic carbocycles. The van der Waals surface area contributed by atoms with Gasteiger partial charge in [0.2, 0.25) is 5.88 Å². The predicted molar refractivity (Wildman–Crippen MR) is 114 cm³/mol. The van der Waals surface area contributed by atoms with Crippen LogP contribution >= 0.6 is 11.3 Å². The van der Waals surface area contributed by atoms with Crippen molar-refractivity contribution in [2.24, 2.45) is 5.92 Å². The van der Waals surface area contributed by atoms with Crippen LogP contribution in [0.15, 0.2) is 6.33 Å². The number of fused-ring (bicyclic) bond motifs is 3. The minimum atomic E-state index is 0.248. The summed E-state index contributed by atoms with van der Waals surface area (Å²) in [4.78, 5) is 14.2. The minimum absolute atomic E-state index is 0.248.